The minimum Gasteiger partial charge on any atom is -0.437 e. The fraction of sp³-hybridized carbons (Fsp3) is 0.286. The lowest BCUT2D eigenvalue weighted by Gasteiger charge is -2.16. The van der Waals surface area contributed by atoms with Crippen LogP contribution in [-0.4, -0.2) is 15.7 Å². The van der Waals surface area contributed by atoms with Crippen LogP contribution >= 0.6 is 0 Å². The highest BCUT2D eigenvalue weighted by atomic mass is 16.4. The second-order valence-corrected chi connectivity index (χ2v) is 6.66. The Morgan fingerprint density at radius 1 is 1.04 bits per heavy atom. The lowest BCUT2D eigenvalue weighted by atomic mass is 9.96. The van der Waals surface area contributed by atoms with E-state index in [0.29, 0.717) is 11.8 Å². The Bertz CT molecular complexity index is 753. The highest BCUT2D eigenvalue weighted by Crippen LogP contribution is 2.22. The molecular weight excluding hydrogens is 298 g/mol. The molecule has 0 amide bonds. The Morgan fingerprint density at radius 3 is 2.67 bits per heavy atom. The SMILES string of the molecule is CC1C=Cc2nc(/C=C/C3=C/C(C)/C=C\C(C)(O)/C=C\3)oc2C=C1. The van der Waals surface area contributed by atoms with Gasteiger partial charge in [-0.25, -0.2) is 4.98 Å². The molecule has 0 radical (unpaired) electrons. The number of rotatable bonds is 2. The molecule has 2 aliphatic rings. The second-order valence-electron chi connectivity index (χ2n) is 6.66. The summed E-state index contributed by atoms with van der Waals surface area (Å²) in [6, 6.07) is 0. The Morgan fingerprint density at radius 2 is 1.83 bits per heavy atom. The van der Waals surface area contributed by atoms with Crippen molar-refractivity contribution in [3.05, 3.63) is 71.5 Å². The molecule has 1 aromatic heterocycles. The fourth-order valence-electron chi connectivity index (χ4n) is 2.58. The van der Waals surface area contributed by atoms with Crippen LogP contribution in [0.3, 0.4) is 0 Å². The number of oxazole rings is 1. The summed E-state index contributed by atoms with van der Waals surface area (Å²) in [5, 5.41) is 10.2. The third kappa shape index (κ3) is 4.12. The van der Waals surface area contributed by atoms with Crippen molar-refractivity contribution >= 4 is 18.2 Å². The summed E-state index contributed by atoms with van der Waals surface area (Å²) in [5.74, 6) is 2.00. The number of nitrogens with zero attached hydrogens (tertiary/aromatic N) is 1. The molecule has 3 heteroatoms. The van der Waals surface area contributed by atoms with Crippen LogP contribution in [0.2, 0.25) is 0 Å². The van der Waals surface area contributed by atoms with Gasteiger partial charge < -0.3 is 9.52 Å². The molecule has 0 aromatic carbocycles. The van der Waals surface area contributed by atoms with Crippen LogP contribution in [0, 0.1) is 11.8 Å². The molecule has 1 N–H and O–H groups in total. The van der Waals surface area contributed by atoms with Gasteiger partial charge in [-0.05, 0) is 48.6 Å². The molecule has 0 fully saturated rings. The van der Waals surface area contributed by atoms with Crippen molar-refractivity contribution in [2.24, 2.45) is 11.8 Å². The van der Waals surface area contributed by atoms with Gasteiger partial charge in [0, 0.05) is 6.08 Å². The summed E-state index contributed by atoms with van der Waals surface area (Å²) in [6.45, 7) is 5.98. The van der Waals surface area contributed by atoms with Gasteiger partial charge in [-0.1, -0.05) is 50.3 Å². The first-order chi connectivity index (χ1) is 11.4. The first kappa shape index (κ1) is 16.5. The number of allylic oxidation sites excluding steroid dienone is 7. The highest BCUT2D eigenvalue weighted by molar-refractivity contribution is 5.63. The lowest BCUT2D eigenvalue weighted by Crippen LogP contribution is -2.17. The number of fused-ring (bicyclic) bond motifs is 1. The highest BCUT2D eigenvalue weighted by Gasteiger charge is 2.13. The van der Waals surface area contributed by atoms with Crippen molar-refractivity contribution in [1.82, 2.24) is 4.98 Å². The summed E-state index contributed by atoms with van der Waals surface area (Å²) in [6.07, 6.45) is 21.7. The van der Waals surface area contributed by atoms with Gasteiger partial charge in [-0.3, -0.25) is 0 Å². The predicted molar refractivity (Wildman–Crippen MR) is 98.9 cm³/mol. The van der Waals surface area contributed by atoms with E-state index >= 15 is 0 Å². The molecule has 1 heterocycles. The topological polar surface area (TPSA) is 46.3 Å². The third-order valence-corrected chi connectivity index (χ3v) is 4.03. The molecule has 24 heavy (non-hydrogen) atoms. The Balaban J connectivity index is 1.83. The molecule has 0 saturated heterocycles. The van der Waals surface area contributed by atoms with E-state index < -0.39 is 5.60 Å². The van der Waals surface area contributed by atoms with E-state index in [1.807, 2.05) is 42.5 Å². The molecule has 0 bridgehead atoms. The van der Waals surface area contributed by atoms with Gasteiger partial charge in [0.25, 0.3) is 0 Å². The maximum Gasteiger partial charge on any atom is 0.220 e. The van der Waals surface area contributed by atoms with E-state index in [2.05, 4.69) is 37.1 Å². The zero-order valence-electron chi connectivity index (χ0n) is 14.3. The standard InChI is InChI=1S/C21H23NO2/c1-15-4-7-18-19(8-5-15)24-20(22-18)9-6-17-11-13-21(3,23)12-10-16(2)14-17/h4-16,23H,1-3H3/b9-6+,12-10-,13-11-,17-14-. The Labute approximate surface area is 143 Å². The first-order valence-corrected chi connectivity index (χ1v) is 8.29. The van der Waals surface area contributed by atoms with Gasteiger partial charge in [0.1, 0.15) is 5.69 Å². The number of hydrogen-bond acceptors (Lipinski definition) is 3. The normalized spacial score (nSPS) is 34.1. The van der Waals surface area contributed by atoms with Crippen molar-refractivity contribution in [2.45, 2.75) is 26.4 Å². The first-order valence-electron chi connectivity index (χ1n) is 8.29. The zero-order valence-corrected chi connectivity index (χ0v) is 14.3. The second kappa shape index (κ2) is 6.62. The number of aromatic nitrogens is 1. The van der Waals surface area contributed by atoms with E-state index in [9.17, 15) is 5.11 Å². The summed E-state index contributed by atoms with van der Waals surface area (Å²) in [5.41, 5.74) is 0.950. The maximum absolute atomic E-state index is 10.2. The molecule has 124 valence electrons. The molecule has 3 unspecified atom stereocenters. The number of hydrogen-bond donors (Lipinski definition) is 1. The van der Waals surface area contributed by atoms with Crippen LogP contribution in [0.1, 0.15) is 38.1 Å². The maximum atomic E-state index is 10.2. The fourth-order valence-corrected chi connectivity index (χ4v) is 2.58. The summed E-state index contributed by atoms with van der Waals surface area (Å²) >= 11 is 0. The molecule has 2 aliphatic carbocycles. The van der Waals surface area contributed by atoms with Crippen molar-refractivity contribution in [2.75, 3.05) is 0 Å². The third-order valence-electron chi connectivity index (χ3n) is 4.03. The summed E-state index contributed by atoms with van der Waals surface area (Å²) in [4.78, 5) is 4.51. The molecule has 0 spiro atoms. The quantitative estimate of drug-likeness (QED) is 0.796. The summed E-state index contributed by atoms with van der Waals surface area (Å²) in [7, 11) is 0. The molecule has 3 nitrogen and oxygen atoms in total. The van der Waals surface area contributed by atoms with E-state index in [1.165, 1.54) is 0 Å². The number of aliphatic hydroxyl groups is 1. The van der Waals surface area contributed by atoms with Crippen LogP contribution in [0.25, 0.3) is 18.2 Å². The van der Waals surface area contributed by atoms with Crippen LogP contribution in [0.5, 0.6) is 0 Å². The van der Waals surface area contributed by atoms with Gasteiger partial charge in [0.2, 0.25) is 5.89 Å². The van der Waals surface area contributed by atoms with Gasteiger partial charge in [-0.2, -0.15) is 0 Å². The largest absolute Gasteiger partial charge is 0.437 e. The zero-order chi connectivity index (χ0) is 17.2. The molecule has 1 aromatic rings. The average Bonchev–Trinajstić information content (AvgIpc) is 2.85. The van der Waals surface area contributed by atoms with Gasteiger partial charge in [-0.15, -0.1) is 0 Å². The van der Waals surface area contributed by atoms with Crippen molar-refractivity contribution < 1.29 is 9.52 Å². The van der Waals surface area contributed by atoms with E-state index in [-0.39, 0.29) is 5.92 Å². The van der Waals surface area contributed by atoms with E-state index in [1.54, 1.807) is 13.0 Å². The molecule has 3 atom stereocenters. The Kier molecular flexibility index (Phi) is 4.54. The predicted octanol–water partition coefficient (Wildman–Crippen LogP) is 4.80. The molecule has 0 aliphatic heterocycles. The van der Waals surface area contributed by atoms with Gasteiger partial charge >= 0.3 is 0 Å². The van der Waals surface area contributed by atoms with Crippen LogP contribution < -0.4 is 0 Å². The van der Waals surface area contributed by atoms with Gasteiger partial charge in [0.15, 0.2) is 5.76 Å². The van der Waals surface area contributed by atoms with E-state index in [0.717, 1.165) is 17.0 Å². The summed E-state index contributed by atoms with van der Waals surface area (Å²) < 4.78 is 5.80. The smallest absolute Gasteiger partial charge is 0.220 e. The van der Waals surface area contributed by atoms with Crippen LogP contribution in [0.15, 0.2) is 58.6 Å². The van der Waals surface area contributed by atoms with E-state index in [4.69, 9.17) is 4.42 Å². The molecule has 0 saturated carbocycles. The van der Waals surface area contributed by atoms with Crippen molar-refractivity contribution in [1.29, 1.82) is 0 Å². The molecular formula is C21H23NO2. The Hall–Kier alpha value is -2.39. The van der Waals surface area contributed by atoms with Crippen LogP contribution in [0.4, 0.5) is 0 Å². The minimum atomic E-state index is -0.922. The monoisotopic (exact) mass is 321 g/mol. The average molecular weight is 321 g/mol. The van der Waals surface area contributed by atoms with Crippen molar-refractivity contribution in [3.63, 3.8) is 0 Å². The van der Waals surface area contributed by atoms with Gasteiger partial charge in [0.05, 0.1) is 5.60 Å². The van der Waals surface area contributed by atoms with Crippen LogP contribution in [-0.2, 0) is 0 Å². The molecule has 3 rings (SSSR count). The lowest BCUT2D eigenvalue weighted by molar-refractivity contribution is 0.163. The minimum absolute atomic E-state index is 0.245. The van der Waals surface area contributed by atoms with Crippen molar-refractivity contribution in [3.8, 4) is 0 Å².